The Morgan fingerprint density at radius 3 is 2.15 bits per heavy atom. The van der Waals surface area contributed by atoms with Crippen LogP contribution in [0, 0.1) is 46.3 Å². The molecular formula is C52H73F3O17. The molecule has 8 fully saturated rings. The number of hydrogen-bond donors (Lipinski definition) is 7. The largest absolute Gasteiger partial charge is 0.459 e. The van der Waals surface area contributed by atoms with Crippen LogP contribution < -0.4 is 0 Å². The number of rotatable bonds is 10. The summed E-state index contributed by atoms with van der Waals surface area (Å²) in [6.07, 6.45) is -16.0. The number of aliphatic hydroxyl groups excluding tert-OH is 7. The number of halogens is 3. The molecule has 72 heavy (non-hydrogen) atoms. The molecule has 3 saturated carbocycles. The van der Waals surface area contributed by atoms with E-state index in [0.717, 1.165) is 63.7 Å². The number of carbonyl (C=O) groups is 1. The third kappa shape index (κ3) is 9.20. The monoisotopic (exact) mass is 1030 g/mol. The molecule has 1 spiro atoms. The number of alkyl halides is 3. The summed E-state index contributed by atoms with van der Waals surface area (Å²) in [5.41, 5.74) is 0.200. The fraction of sp³-hybridized carbons (Fsp3) is 0.827. The molecule has 1 aromatic rings. The summed E-state index contributed by atoms with van der Waals surface area (Å²) in [7, 11) is 0. The van der Waals surface area contributed by atoms with Crippen LogP contribution in [0.1, 0.15) is 108 Å². The van der Waals surface area contributed by atoms with Gasteiger partial charge in [-0.3, -0.25) is 0 Å². The molecule has 8 unspecified atom stereocenters. The second-order valence-corrected chi connectivity index (χ2v) is 23.1. The third-order valence-electron chi connectivity index (χ3n) is 19.0. The van der Waals surface area contributed by atoms with Crippen LogP contribution in [0.3, 0.4) is 0 Å². The summed E-state index contributed by atoms with van der Waals surface area (Å²) >= 11 is 0. The first-order valence-electron chi connectivity index (χ1n) is 26.0. The summed E-state index contributed by atoms with van der Waals surface area (Å²) in [5.74, 6) is 1.33. The van der Waals surface area contributed by atoms with Gasteiger partial charge in [0.15, 0.2) is 24.7 Å². The van der Waals surface area contributed by atoms with E-state index in [4.69, 9.17) is 42.6 Å². The van der Waals surface area contributed by atoms with Crippen LogP contribution in [0.5, 0.6) is 0 Å². The van der Waals surface area contributed by atoms with Gasteiger partial charge >= 0.3 is 12.1 Å². The number of ether oxygens (including phenoxy) is 9. The van der Waals surface area contributed by atoms with Gasteiger partial charge in [-0.05, 0) is 123 Å². The lowest BCUT2D eigenvalue weighted by molar-refractivity contribution is -0.380. The van der Waals surface area contributed by atoms with E-state index >= 15 is 0 Å². The minimum absolute atomic E-state index is 0.0776. The molecule has 7 N–H and O–H groups in total. The number of fused-ring (bicyclic) bond motifs is 7. The molecule has 5 aliphatic heterocycles. The Kier molecular flexibility index (Phi) is 14.6. The molecule has 0 amide bonds. The Morgan fingerprint density at radius 1 is 0.764 bits per heavy atom. The Balaban J connectivity index is 0.821. The quantitative estimate of drug-likeness (QED) is 0.131. The lowest BCUT2D eigenvalue weighted by atomic mass is 9.47. The van der Waals surface area contributed by atoms with Crippen molar-refractivity contribution in [1.82, 2.24) is 0 Å². The average molecular weight is 1030 g/mol. The molecule has 9 aliphatic rings. The first kappa shape index (κ1) is 53.0. The van der Waals surface area contributed by atoms with E-state index in [2.05, 4.69) is 33.8 Å². The van der Waals surface area contributed by atoms with Crippen molar-refractivity contribution in [2.45, 2.75) is 203 Å². The van der Waals surface area contributed by atoms with E-state index in [1.54, 1.807) is 0 Å². The van der Waals surface area contributed by atoms with Crippen molar-refractivity contribution in [2.24, 2.45) is 46.3 Å². The molecule has 0 aromatic heterocycles. The van der Waals surface area contributed by atoms with Crippen molar-refractivity contribution in [3.05, 3.63) is 47.0 Å². The van der Waals surface area contributed by atoms with E-state index in [1.807, 2.05) is 0 Å². The van der Waals surface area contributed by atoms with Gasteiger partial charge in [0.2, 0.25) is 0 Å². The van der Waals surface area contributed by atoms with Crippen LogP contribution in [0.25, 0.3) is 0 Å². The van der Waals surface area contributed by atoms with Crippen molar-refractivity contribution in [2.75, 3.05) is 19.8 Å². The minimum atomic E-state index is -4.62. The normalized spacial score (nSPS) is 50.2. The third-order valence-corrected chi connectivity index (χ3v) is 19.0. The average Bonchev–Trinajstić information content (AvgIpc) is 3.91. The van der Waals surface area contributed by atoms with Crippen LogP contribution in [-0.4, -0.2) is 166 Å². The molecule has 20 heteroatoms. The fourth-order valence-electron chi connectivity index (χ4n) is 14.9. The molecule has 5 saturated heterocycles. The summed E-state index contributed by atoms with van der Waals surface area (Å²) in [4.78, 5) is 12.7. The second kappa shape index (κ2) is 19.9. The zero-order valence-corrected chi connectivity index (χ0v) is 41.4. The number of hydrogen-bond acceptors (Lipinski definition) is 17. The van der Waals surface area contributed by atoms with Gasteiger partial charge < -0.3 is 78.4 Å². The summed E-state index contributed by atoms with van der Waals surface area (Å²) in [5, 5.41) is 76.9. The zero-order valence-electron chi connectivity index (χ0n) is 41.4. The number of benzene rings is 1. The smallest absolute Gasteiger partial charge is 0.416 e. The number of allylic oxidation sites excluding steroid dienone is 1. The molecule has 17 nitrogen and oxygen atoms in total. The lowest BCUT2D eigenvalue weighted by Crippen LogP contribution is -2.65. The van der Waals surface area contributed by atoms with E-state index < -0.39 is 129 Å². The van der Waals surface area contributed by atoms with Gasteiger partial charge in [0.25, 0.3) is 0 Å². The predicted molar refractivity (Wildman–Crippen MR) is 243 cm³/mol. The fourth-order valence-corrected chi connectivity index (χ4v) is 14.9. The first-order valence-corrected chi connectivity index (χ1v) is 26.0. The standard InChI is InChI=1S/C52H73F3O17/c1-23-12-17-51(65-21-23)24(2)36-33(72-51)19-32-30-11-10-28-18-29(13-15-49(28,4)31(30)14-16-50(32,36)5)67-48-44(71-46-41(61)39(59)37(57)25(3)66-46)42(62)43(34(20-56)68-48)70-47-40(60)38(58)35(69-47)22-64-45(63)26-6-8-27(9-7-26)52(53,54)55/h6-10,23-25,29-44,46-48,56-62H,11-22H2,1-5H3/t23-,24?,25+,29+,30?,31?,32?,33?,34-,35+,36?,37+,38+,39-,40-,41-,42+,43-,44-,46?,47?,48-,49+,50+,51-/m1/s1. The van der Waals surface area contributed by atoms with Crippen LogP contribution in [0.2, 0.25) is 0 Å². The Labute approximate surface area is 417 Å². The van der Waals surface area contributed by atoms with E-state index in [-0.39, 0.29) is 22.5 Å². The van der Waals surface area contributed by atoms with Crippen LogP contribution in [-0.2, 0) is 48.8 Å². The van der Waals surface area contributed by atoms with Crippen molar-refractivity contribution < 1.29 is 96.3 Å². The van der Waals surface area contributed by atoms with Gasteiger partial charge in [-0.2, -0.15) is 13.2 Å². The van der Waals surface area contributed by atoms with E-state index in [9.17, 15) is 53.7 Å². The van der Waals surface area contributed by atoms with Gasteiger partial charge in [0.1, 0.15) is 67.6 Å². The molecule has 4 aliphatic carbocycles. The molecular weight excluding hydrogens is 954 g/mol. The van der Waals surface area contributed by atoms with E-state index in [0.29, 0.717) is 60.5 Å². The number of esters is 1. The highest BCUT2D eigenvalue weighted by molar-refractivity contribution is 5.89. The lowest BCUT2D eigenvalue weighted by Gasteiger charge is -2.58. The SMILES string of the molecule is CC1C2C(CC3C4CC=C5C[C@@H](O[C@@H]6O[C@H](CO)[C@@H](OC7O[C@@H](COC(=O)c8ccc(C(F)(F)F)cc8)[C@H](O)[C@H]7O)[C@H](O)[C@H]6OC6O[C@@H](C)[C@H](O)[C@@H](O)[C@H]6O)CC[C@]5(C)C4CC[C@@]32C)O[C@]12CC[C@@H](C)CO2. The van der Waals surface area contributed by atoms with Crippen LogP contribution in [0.15, 0.2) is 35.9 Å². The molecule has 404 valence electrons. The van der Waals surface area contributed by atoms with Gasteiger partial charge in [-0.1, -0.05) is 39.3 Å². The van der Waals surface area contributed by atoms with E-state index in [1.165, 1.54) is 12.5 Å². The molecule has 10 rings (SSSR count). The Morgan fingerprint density at radius 2 is 1.46 bits per heavy atom. The van der Waals surface area contributed by atoms with Crippen molar-refractivity contribution in [3.63, 3.8) is 0 Å². The van der Waals surface area contributed by atoms with Gasteiger partial charge in [0.05, 0.1) is 42.7 Å². The van der Waals surface area contributed by atoms with Gasteiger partial charge in [-0.15, -0.1) is 0 Å². The van der Waals surface area contributed by atoms with Crippen molar-refractivity contribution in [3.8, 4) is 0 Å². The Bertz CT molecular complexity index is 2120. The van der Waals surface area contributed by atoms with Crippen LogP contribution in [0.4, 0.5) is 13.2 Å². The topological polar surface area (TPSA) is 242 Å². The highest BCUT2D eigenvalue weighted by Gasteiger charge is 2.69. The summed E-state index contributed by atoms with van der Waals surface area (Å²) in [6.45, 7) is 10.3. The van der Waals surface area contributed by atoms with Crippen LogP contribution >= 0.6 is 0 Å². The number of carbonyl (C=O) groups excluding carboxylic acids is 1. The first-order chi connectivity index (χ1) is 34.1. The highest BCUT2D eigenvalue weighted by Crippen LogP contribution is 2.71. The highest BCUT2D eigenvalue weighted by atomic mass is 19.4. The zero-order chi connectivity index (χ0) is 51.4. The molecule has 0 radical (unpaired) electrons. The van der Waals surface area contributed by atoms with Crippen molar-refractivity contribution >= 4 is 5.97 Å². The second-order valence-electron chi connectivity index (χ2n) is 23.1. The minimum Gasteiger partial charge on any atom is -0.459 e. The maximum Gasteiger partial charge on any atom is 0.416 e. The van der Waals surface area contributed by atoms with Crippen molar-refractivity contribution in [1.29, 1.82) is 0 Å². The molecule has 0 bridgehead atoms. The molecule has 25 atom stereocenters. The Hall–Kier alpha value is -2.38. The predicted octanol–water partition coefficient (Wildman–Crippen LogP) is 3.74. The molecule has 1 aromatic carbocycles. The van der Waals surface area contributed by atoms with Gasteiger partial charge in [-0.25, -0.2) is 4.79 Å². The summed E-state index contributed by atoms with van der Waals surface area (Å²) in [6, 6.07) is 3.30. The maximum atomic E-state index is 13.1. The maximum absolute atomic E-state index is 13.1. The summed E-state index contributed by atoms with van der Waals surface area (Å²) < 4.78 is 94.7. The van der Waals surface area contributed by atoms with Gasteiger partial charge in [0, 0.05) is 12.3 Å². The number of aliphatic hydroxyl groups is 7. The molecule has 5 heterocycles.